The van der Waals surface area contributed by atoms with Crippen LogP contribution in [0.25, 0.3) is 0 Å². The molecule has 164 valence electrons. The zero-order valence-corrected chi connectivity index (χ0v) is 19.3. The minimum Gasteiger partial charge on any atom is -0.489 e. The lowest BCUT2D eigenvalue weighted by Crippen LogP contribution is -1.96. The van der Waals surface area contributed by atoms with E-state index in [0.717, 1.165) is 33.2 Å². The van der Waals surface area contributed by atoms with Crippen molar-refractivity contribution in [3.05, 3.63) is 124 Å². The number of nitrogens with two attached hydrogens (primary N) is 1. The van der Waals surface area contributed by atoms with Crippen molar-refractivity contribution in [3.63, 3.8) is 0 Å². The third-order valence-electron chi connectivity index (χ3n) is 4.59. The summed E-state index contributed by atoms with van der Waals surface area (Å²) in [6.07, 6.45) is 0. The Labute approximate surface area is 199 Å². The summed E-state index contributed by atoms with van der Waals surface area (Å²) in [5, 5.41) is 1.32. The Bertz CT molecular complexity index is 1030. The van der Waals surface area contributed by atoms with Crippen molar-refractivity contribution in [1.29, 1.82) is 0 Å². The van der Waals surface area contributed by atoms with Crippen LogP contribution in [-0.2, 0) is 13.2 Å². The van der Waals surface area contributed by atoms with Crippen molar-refractivity contribution in [2.24, 2.45) is 0 Å². The molecule has 2 N–H and O–H groups in total. The maximum absolute atomic E-state index is 5.94. The summed E-state index contributed by atoms with van der Waals surface area (Å²) in [4.78, 5) is 0. The van der Waals surface area contributed by atoms with Gasteiger partial charge < -0.3 is 15.2 Å². The smallest absolute Gasteiger partial charge is 0.121 e. The molecule has 5 heteroatoms. The second-order valence-corrected chi connectivity index (χ2v) is 7.96. The van der Waals surface area contributed by atoms with E-state index >= 15 is 0 Å². The van der Waals surface area contributed by atoms with E-state index in [0.29, 0.717) is 23.9 Å². The van der Waals surface area contributed by atoms with Crippen LogP contribution in [0.3, 0.4) is 0 Å². The van der Waals surface area contributed by atoms with Crippen LogP contribution < -0.4 is 15.2 Å². The number of hydrogen-bond donors (Lipinski definition) is 1. The van der Waals surface area contributed by atoms with E-state index < -0.39 is 0 Å². The van der Waals surface area contributed by atoms with Gasteiger partial charge in [-0.3, -0.25) is 0 Å². The Kier molecular flexibility index (Phi) is 8.85. The first kappa shape index (κ1) is 23.5. The van der Waals surface area contributed by atoms with Crippen LogP contribution in [0.4, 0.5) is 5.69 Å². The Morgan fingerprint density at radius 1 is 0.625 bits per heavy atom. The van der Waals surface area contributed by atoms with E-state index in [1.54, 1.807) is 12.1 Å². The van der Waals surface area contributed by atoms with E-state index in [9.17, 15) is 0 Å². The number of anilines is 1. The third-order valence-corrected chi connectivity index (χ3v) is 5.36. The molecule has 0 saturated heterocycles. The summed E-state index contributed by atoms with van der Waals surface area (Å²) in [6, 6.07) is 31.0. The first-order chi connectivity index (χ1) is 15.5. The van der Waals surface area contributed by atoms with Crippen LogP contribution >= 0.6 is 23.2 Å². The molecule has 4 aromatic rings. The number of aryl methyl sites for hydroxylation is 1. The standard InChI is InChI=1S/C14H13ClO.C13H12ClNO/c1-11-9-13(7-8-14(11)15)16-10-12-5-3-2-4-6-12;14-12-7-6-11(8-13(12)15)16-9-10-4-2-1-3-5-10/h2-9H,10H2,1H3;1-8H,9,15H2. The van der Waals surface area contributed by atoms with E-state index in [-0.39, 0.29) is 0 Å². The summed E-state index contributed by atoms with van der Waals surface area (Å²) in [6.45, 7) is 3.08. The van der Waals surface area contributed by atoms with Crippen LogP contribution in [0.5, 0.6) is 11.5 Å². The Balaban J connectivity index is 0.000000181. The normalized spacial score (nSPS) is 10.1. The van der Waals surface area contributed by atoms with Crippen molar-refractivity contribution >= 4 is 28.9 Å². The fourth-order valence-electron chi connectivity index (χ4n) is 2.80. The van der Waals surface area contributed by atoms with Gasteiger partial charge >= 0.3 is 0 Å². The number of nitrogen functional groups attached to an aromatic ring is 1. The van der Waals surface area contributed by atoms with Gasteiger partial charge in [0.2, 0.25) is 0 Å². The minimum atomic E-state index is 0.530. The second-order valence-electron chi connectivity index (χ2n) is 7.14. The van der Waals surface area contributed by atoms with Crippen molar-refractivity contribution in [2.75, 3.05) is 5.73 Å². The SMILES string of the molecule is Cc1cc(OCc2ccccc2)ccc1Cl.Nc1cc(OCc2ccccc2)ccc1Cl. The van der Waals surface area contributed by atoms with Gasteiger partial charge in [-0.15, -0.1) is 0 Å². The van der Waals surface area contributed by atoms with Gasteiger partial charge in [0.25, 0.3) is 0 Å². The largest absolute Gasteiger partial charge is 0.489 e. The topological polar surface area (TPSA) is 44.5 Å². The zero-order valence-electron chi connectivity index (χ0n) is 17.8. The van der Waals surface area contributed by atoms with Gasteiger partial charge in [-0.05, 0) is 53.9 Å². The Morgan fingerprint density at radius 3 is 1.56 bits per heavy atom. The Hall–Kier alpha value is -3.14. The highest BCUT2D eigenvalue weighted by Crippen LogP contribution is 2.24. The average Bonchev–Trinajstić information content (AvgIpc) is 2.82. The van der Waals surface area contributed by atoms with Crippen LogP contribution in [0.1, 0.15) is 16.7 Å². The first-order valence-electron chi connectivity index (χ1n) is 10.2. The molecule has 0 fully saturated rings. The van der Waals surface area contributed by atoms with Gasteiger partial charge in [0.15, 0.2) is 0 Å². The van der Waals surface area contributed by atoms with Crippen LogP contribution in [0.2, 0.25) is 10.0 Å². The lowest BCUT2D eigenvalue weighted by Gasteiger charge is -2.07. The highest BCUT2D eigenvalue weighted by Gasteiger charge is 2.00. The van der Waals surface area contributed by atoms with Gasteiger partial charge in [0.05, 0.1) is 10.7 Å². The molecule has 0 saturated carbocycles. The lowest BCUT2D eigenvalue weighted by atomic mass is 10.2. The zero-order chi connectivity index (χ0) is 22.8. The maximum atomic E-state index is 5.94. The molecule has 0 aromatic heterocycles. The fourth-order valence-corrected chi connectivity index (χ4v) is 3.04. The minimum absolute atomic E-state index is 0.530. The van der Waals surface area contributed by atoms with Crippen molar-refractivity contribution < 1.29 is 9.47 Å². The number of benzene rings is 4. The Morgan fingerprint density at radius 2 is 1.09 bits per heavy atom. The summed E-state index contributed by atoms with van der Waals surface area (Å²) in [5.74, 6) is 1.58. The molecule has 0 atom stereocenters. The number of halogens is 2. The van der Waals surface area contributed by atoms with E-state index in [1.807, 2.05) is 91.9 Å². The summed E-state index contributed by atoms with van der Waals surface area (Å²) in [5.41, 5.74) is 9.53. The number of rotatable bonds is 6. The molecule has 0 unspecified atom stereocenters. The molecule has 4 rings (SSSR count). The van der Waals surface area contributed by atoms with Crippen molar-refractivity contribution in [1.82, 2.24) is 0 Å². The molecule has 0 bridgehead atoms. The summed E-state index contributed by atoms with van der Waals surface area (Å²) < 4.78 is 11.3. The van der Waals surface area contributed by atoms with Gasteiger partial charge in [0.1, 0.15) is 24.7 Å². The van der Waals surface area contributed by atoms with E-state index in [2.05, 4.69) is 0 Å². The molecule has 4 aromatic carbocycles. The summed E-state index contributed by atoms with van der Waals surface area (Å²) >= 11 is 11.8. The molecule has 0 heterocycles. The molecule has 0 spiro atoms. The highest BCUT2D eigenvalue weighted by atomic mass is 35.5. The lowest BCUT2D eigenvalue weighted by molar-refractivity contribution is 0.306. The van der Waals surface area contributed by atoms with Crippen LogP contribution in [-0.4, -0.2) is 0 Å². The fraction of sp³-hybridized carbons (Fsp3) is 0.111. The molecule has 0 amide bonds. The highest BCUT2D eigenvalue weighted by molar-refractivity contribution is 6.33. The van der Waals surface area contributed by atoms with Crippen LogP contribution in [0.15, 0.2) is 97.1 Å². The number of ether oxygens (including phenoxy) is 2. The third kappa shape index (κ3) is 7.52. The monoisotopic (exact) mass is 465 g/mol. The first-order valence-corrected chi connectivity index (χ1v) is 10.9. The summed E-state index contributed by atoms with van der Waals surface area (Å²) in [7, 11) is 0. The maximum Gasteiger partial charge on any atom is 0.121 e. The van der Waals surface area contributed by atoms with E-state index in [1.165, 1.54) is 0 Å². The molecule has 0 aliphatic carbocycles. The predicted octanol–water partition coefficient (Wildman–Crippen LogP) is 7.73. The van der Waals surface area contributed by atoms with E-state index in [4.69, 9.17) is 38.4 Å². The molecule has 0 aliphatic rings. The molecule has 0 aliphatic heterocycles. The van der Waals surface area contributed by atoms with Gasteiger partial charge in [-0.1, -0.05) is 83.9 Å². The van der Waals surface area contributed by atoms with Gasteiger partial charge in [0, 0.05) is 11.1 Å². The quantitative estimate of drug-likeness (QED) is 0.296. The molecule has 3 nitrogen and oxygen atoms in total. The molecular weight excluding hydrogens is 441 g/mol. The van der Waals surface area contributed by atoms with Crippen molar-refractivity contribution in [2.45, 2.75) is 20.1 Å². The molecule has 0 radical (unpaired) electrons. The van der Waals surface area contributed by atoms with Crippen LogP contribution in [0, 0.1) is 6.92 Å². The molecule has 32 heavy (non-hydrogen) atoms. The average molecular weight is 466 g/mol. The van der Waals surface area contributed by atoms with Crippen molar-refractivity contribution in [3.8, 4) is 11.5 Å². The number of hydrogen-bond acceptors (Lipinski definition) is 3. The van der Waals surface area contributed by atoms with Gasteiger partial charge in [-0.2, -0.15) is 0 Å². The predicted molar refractivity (Wildman–Crippen MR) is 134 cm³/mol. The van der Waals surface area contributed by atoms with Gasteiger partial charge in [-0.25, -0.2) is 0 Å². The second kappa shape index (κ2) is 12.0. The molecular formula is C27H25Cl2NO2.